The summed E-state index contributed by atoms with van der Waals surface area (Å²) in [5.41, 5.74) is 0.736. The van der Waals surface area contributed by atoms with E-state index < -0.39 is 17.7 Å². The number of esters is 1. The van der Waals surface area contributed by atoms with E-state index in [-0.39, 0.29) is 18.1 Å². The van der Waals surface area contributed by atoms with Crippen LogP contribution in [-0.2, 0) is 4.79 Å². The first-order chi connectivity index (χ1) is 12.7. The molecule has 0 amide bonds. The van der Waals surface area contributed by atoms with Crippen LogP contribution in [0.4, 0.5) is 13.2 Å². The molecule has 0 bridgehead atoms. The van der Waals surface area contributed by atoms with Gasteiger partial charge in [-0.1, -0.05) is 36.1 Å². The van der Waals surface area contributed by atoms with E-state index in [0.29, 0.717) is 5.56 Å². The van der Waals surface area contributed by atoms with Crippen molar-refractivity contribution in [1.29, 1.82) is 0 Å². The van der Waals surface area contributed by atoms with Gasteiger partial charge < -0.3 is 9.47 Å². The smallest absolute Gasteiger partial charge is 0.422 e. The molecule has 0 aliphatic rings. The summed E-state index contributed by atoms with van der Waals surface area (Å²) >= 11 is 0. The van der Waals surface area contributed by atoms with Crippen LogP contribution in [-0.4, -0.2) is 18.8 Å². The molecule has 0 unspecified atom stereocenters. The Morgan fingerprint density at radius 3 is 2.22 bits per heavy atom. The van der Waals surface area contributed by atoms with Crippen molar-refractivity contribution in [3.05, 3.63) is 71.3 Å². The van der Waals surface area contributed by atoms with Crippen LogP contribution in [0, 0.1) is 18.8 Å². The molecule has 0 fully saturated rings. The SMILES string of the molecule is C=C(C(=O)Oc1cc(C#Cc2ccc(C)cc2)ccc1OCC)C(F)(F)F. The fourth-order valence-corrected chi connectivity index (χ4v) is 2.00. The predicted molar refractivity (Wildman–Crippen MR) is 95.6 cm³/mol. The molecule has 0 aliphatic carbocycles. The Morgan fingerprint density at radius 2 is 1.63 bits per heavy atom. The predicted octanol–water partition coefficient (Wildman–Crippen LogP) is 4.82. The van der Waals surface area contributed by atoms with Gasteiger partial charge in [0.15, 0.2) is 11.5 Å². The largest absolute Gasteiger partial charge is 0.490 e. The lowest BCUT2D eigenvalue weighted by Gasteiger charge is -2.13. The molecule has 27 heavy (non-hydrogen) atoms. The first-order valence-corrected chi connectivity index (χ1v) is 8.04. The Morgan fingerprint density at radius 1 is 1.04 bits per heavy atom. The van der Waals surface area contributed by atoms with Gasteiger partial charge in [-0.25, -0.2) is 4.79 Å². The van der Waals surface area contributed by atoms with Gasteiger partial charge in [-0.05, 0) is 38.1 Å². The molecule has 2 aromatic rings. The van der Waals surface area contributed by atoms with Crippen molar-refractivity contribution in [3.8, 4) is 23.3 Å². The van der Waals surface area contributed by atoms with Crippen molar-refractivity contribution in [2.75, 3.05) is 6.61 Å². The second kappa shape index (κ2) is 8.45. The Kier molecular flexibility index (Phi) is 6.30. The molecule has 0 spiro atoms. The van der Waals surface area contributed by atoms with Gasteiger partial charge in [-0.3, -0.25) is 0 Å². The lowest BCUT2D eigenvalue weighted by molar-refractivity contribution is -0.142. The fourth-order valence-electron chi connectivity index (χ4n) is 2.00. The summed E-state index contributed by atoms with van der Waals surface area (Å²) in [6, 6.07) is 12.0. The summed E-state index contributed by atoms with van der Waals surface area (Å²) in [5, 5.41) is 0. The van der Waals surface area contributed by atoms with Crippen molar-refractivity contribution in [1.82, 2.24) is 0 Å². The van der Waals surface area contributed by atoms with Crippen molar-refractivity contribution >= 4 is 5.97 Å². The van der Waals surface area contributed by atoms with E-state index in [1.165, 1.54) is 12.1 Å². The third-order valence-corrected chi connectivity index (χ3v) is 3.44. The van der Waals surface area contributed by atoms with E-state index in [2.05, 4.69) is 18.4 Å². The average molecular weight is 374 g/mol. The number of aryl methyl sites for hydroxylation is 1. The highest BCUT2D eigenvalue weighted by atomic mass is 19.4. The average Bonchev–Trinajstić information content (AvgIpc) is 2.61. The third-order valence-electron chi connectivity index (χ3n) is 3.44. The van der Waals surface area contributed by atoms with Crippen LogP contribution in [0.25, 0.3) is 0 Å². The molecular weight excluding hydrogens is 357 g/mol. The van der Waals surface area contributed by atoms with Crippen molar-refractivity contribution in [2.45, 2.75) is 20.0 Å². The molecule has 2 rings (SSSR count). The molecular formula is C21H17F3O3. The molecule has 0 heterocycles. The molecule has 0 N–H and O–H groups in total. The molecule has 0 saturated heterocycles. The fraction of sp³-hybridized carbons (Fsp3) is 0.190. The second-order valence-electron chi connectivity index (χ2n) is 5.58. The van der Waals surface area contributed by atoms with Gasteiger partial charge in [-0.15, -0.1) is 0 Å². The summed E-state index contributed by atoms with van der Waals surface area (Å²) in [6.07, 6.45) is -4.87. The van der Waals surface area contributed by atoms with Gasteiger partial charge in [0, 0.05) is 17.2 Å². The topological polar surface area (TPSA) is 35.5 Å². The minimum atomic E-state index is -4.87. The third kappa shape index (κ3) is 5.65. The maximum atomic E-state index is 12.6. The highest BCUT2D eigenvalue weighted by Gasteiger charge is 2.38. The molecule has 0 atom stereocenters. The first-order valence-electron chi connectivity index (χ1n) is 8.04. The number of alkyl halides is 3. The number of carbonyl (C=O) groups excluding carboxylic acids is 1. The lowest BCUT2D eigenvalue weighted by atomic mass is 10.1. The van der Waals surface area contributed by atoms with E-state index >= 15 is 0 Å². The molecule has 3 nitrogen and oxygen atoms in total. The van der Waals surface area contributed by atoms with E-state index in [1.807, 2.05) is 31.2 Å². The number of carbonyl (C=O) groups is 1. The molecule has 6 heteroatoms. The van der Waals surface area contributed by atoms with E-state index in [1.54, 1.807) is 13.0 Å². The number of benzene rings is 2. The summed E-state index contributed by atoms with van der Waals surface area (Å²) in [5.74, 6) is 4.22. The summed E-state index contributed by atoms with van der Waals surface area (Å²) in [6.45, 7) is 6.64. The van der Waals surface area contributed by atoms with Crippen LogP contribution in [0.1, 0.15) is 23.6 Å². The molecule has 2 aromatic carbocycles. The molecule has 140 valence electrons. The number of rotatable bonds is 4. The molecule has 0 radical (unpaired) electrons. The van der Waals surface area contributed by atoms with Crippen LogP contribution < -0.4 is 9.47 Å². The zero-order valence-corrected chi connectivity index (χ0v) is 14.8. The molecule has 0 aromatic heterocycles. The highest BCUT2D eigenvalue weighted by molar-refractivity contribution is 5.91. The minimum absolute atomic E-state index is 0.140. The maximum absolute atomic E-state index is 12.6. The Hall–Kier alpha value is -3.20. The van der Waals surface area contributed by atoms with Crippen LogP contribution in [0.15, 0.2) is 54.6 Å². The zero-order chi connectivity index (χ0) is 20.0. The maximum Gasteiger partial charge on any atom is 0.422 e. The van der Waals surface area contributed by atoms with Crippen LogP contribution in [0.5, 0.6) is 11.5 Å². The van der Waals surface area contributed by atoms with Gasteiger partial charge >= 0.3 is 12.1 Å². The molecule has 0 saturated carbocycles. The highest BCUT2D eigenvalue weighted by Crippen LogP contribution is 2.31. The van der Waals surface area contributed by atoms with Gasteiger partial charge in [0.05, 0.1) is 6.61 Å². The van der Waals surface area contributed by atoms with Gasteiger partial charge in [0.1, 0.15) is 5.57 Å². The van der Waals surface area contributed by atoms with Crippen LogP contribution in [0.3, 0.4) is 0 Å². The Labute approximate surface area is 155 Å². The number of hydrogen-bond acceptors (Lipinski definition) is 3. The summed E-state index contributed by atoms with van der Waals surface area (Å²) in [7, 11) is 0. The standard InChI is InChI=1S/C21H17F3O3/c1-4-26-18-12-11-17(10-9-16-7-5-14(2)6-8-16)13-19(18)27-20(25)15(3)21(22,23)24/h5-8,11-13H,3-4H2,1-2H3. The molecule has 0 aliphatic heterocycles. The van der Waals surface area contributed by atoms with Crippen LogP contribution in [0.2, 0.25) is 0 Å². The quantitative estimate of drug-likeness (QED) is 0.333. The van der Waals surface area contributed by atoms with Crippen molar-refractivity contribution < 1.29 is 27.4 Å². The zero-order valence-electron chi connectivity index (χ0n) is 14.8. The monoisotopic (exact) mass is 374 g/mol. The Bertz CT molecular complexity index is 901. The number of halogens is 3. The summed E-state index contributed by atoms with van der Waals surface area (Å²) < 4.78 is 48.0. The second-order valence-corrected chi connectivity index (χ2v) is 5.58. The minimum Gasteiger partial charge on any atom is -0.490 e. The number of hydrogen-bond donors (Lipinski definition) is 0. The van der Waals surface area contributed by atoms with Gasteiger partial charge in [-0.2, -0.15) is 13.2 Å². The first kappa shape index (κ1) is 20.1. The van der Waals surface area contributed by atoms with Crippen molar-refractivity contribution in [3.63, 3.8) is 0 Å². The summed E-state index contributed by atoms with van der Waals surface area (Å²) in [4.78, 5) is 11.7. The lowest BCUT2D eigenvalue weighted by Crippen LogP contribution is -2.23. The van der Waals surface area contributed by atoms with E-state index in [9.17, 15) is 18.0 Å². The van der Waals surface area contributed by atoms with Crippen molar-refractivity contribution in [2.24, 2.45) is 0 Å². The van der Waals surface area contributed by atoms with Gasteiger partial charge in [0.25, 0.3) is 0 Å². The Balaban J connectivity index is 2.30. The van der Waals surface area contributed by atoms with E-state index in [0.717, 1.165) is 11.1 Å². The van der Waals surface area contributed by atoms with E-state index in [4.69, 9.17) is 9.47 Å². The number of ether oxygens (including phenoxy) is 2. The van der Waals surface area contributed by atoms with Gasteiger partial charge in [0.2, 0.25) is 0 Å². The normalized spacial score (nSPS) is 10.6. The van der Waals surface area contributed by atoms with Crippen LogP contribution >= 0.6 is 0 Å².